The molecule has 0 unspecified atom stereocenters. The molecule has 1 heterocycles. The van der Waals surface area contributed by atoms with Crippen molar-refractivity contribution in [1.82, 2.24) is 15.1 Å². The summed E-state index contributed by atoms with van der Waals surface area (Å²) >= 11 is 0. The third-order valence-electron chi connectivity index (χ3n) is 3.87. The molecule has 0 atom stereocenters. The summed E-state index contributed by atoms with van der Waals surface area (Å²) < 4.78 is 1.25. The van der Waals surface area contributed by atoms with E-state index < -0.39 is 16.3 Å². The maximum Gasteiger partial charge on any atom is 0.294 e. The molecule has 2 aromatic rings. The third-order valence-corrected chi connectivity index (χ3v) is 3.87. The highest BCUT2D eigenvalue weighted by molar-refractivity contribution is 5.92. The number of nitro benzene ring substituents is 1. The minimum Gasteiger partial charge on any atom is -0.351 e. The number of nitrogens with zero attached hydrogens (tertiary/aromatic N) is 3. The zero-order valence-electron chi connectivity index (χ0n) is 15.1. The van der Waals surface area contributed by atoms with E-state index in [1.807, 2.05) is 0 Å². The average molecular weight is 358 g/mol. The molecule has 0 fully saturated rings. The Labute approximate surface area is 151 Å². The van der Waals surface area contributed by atoms with Gasteiger partial charge in [0.2, 0.25) is 5.43 Å². The first-order valence-electron chi connectivity index (χ1n) is 8.44. The van der Waals surface area contributed by atoms with Crippen molar-refractivity contribution in [2.75, 3.05) is 6.54 Å². The Hall–Kier alpha value is -3.03. The van der Waals surface area contributed by atoms with Crippen LogP contribution in [0.1, 0.15) is 42.9 Å². The molecule has 0 saturated carbocycles. The number of amides is 1. The highest BCUT2D eigenvalue weighted by Gasteiger charge is 2.19. The van der Waals surface area contributed by atoms with Crippen LogP contribution in [0.3, 0.4) is 0 Å². The molecule has 0 bridgehead atoms. The zero-order valence-corrected chi connectivity index (χ0v) is 15.1. The van der Waals surface area contributed by atoms with Gasteiger partial charge < -0.3 is 5.32 Å². The lowest BCUT2D eigenvalue weighted by Crippen LogP contribution is -2.32. The zero-order chi connectivity index (χ0) is 19.3. The van der Waals surface area contributed by atoms with Crippen LogP contribution in [0, 0.1) is 23.0 Å². The van der Waals surface area contributed by atoms with Crippen LogP contribution in [-0.4, -0.2) is 27.2 Å². The second-order valence-electron chi connectivity index (χ2n) is 6.45. The predicted octanol–water partition coefficient (Wildman–Crippen LogP) is 2.62. The largest absolute Gasteiger partial charge is 0.351 e. The molecule has 0 spiro atoms. The molecule has 8 nitrogen and oxygen atoms in total. The lowest BCUT2D eigenvalue weighted by molar-refractivity contribution is -0.384. The van der Waals surface area contributed by atoms with E-state index in [0.29, 0.717) is 18.2 Å². The molecular formula is C18H22N4O4. The first-order valence-corrected chi connectivity index (χ1v) is 8.44. The second-order valence-corrected chi connectivity index (χ2v) is 6.45. The maximum atomic E-state index is 12.3. The highest BCUT2D eigenvalue weighted by Crippen LogP contribution is 2.22. The first-order chi connectivity index (χ1) is 12.3. The number of hydrogen-bond acceptors (Lipinski definition) is 5. The molecule has 0 aliphatic heterocycles. The van der Waals surface area contributed by atoms with E-state index in [0.717, 1.165) is 12.8 Å². The Morgan fingerprint density at radius 3 is 2.69 bits per heavy atom. The van der Waals surface area contributed by atoms with Crippen LogP contribution in [0.2, 0.25) is 0 Å². The molecule has 8 heteroatoms. The third kappa shape index (κ3) is 4.53. The number of aromatic nitrogens is 2. The van der Waals surface area contributed by atoms with Gasteiger partial charge in [-0.1, -0.05) is 26.0 Å². The van der Waals surface area contributed by atoms with Crippen LogP contribution in [0.25, 0.3) is 5.69 Å². The number of carbonyl (C=O) groups excluding carboxylic acids is 1. The van der Waals surface area contributed by atoms with Gasteiger partial charge in [-0.15, -0.1) is 0 Å². The molecule has 0 aliphatic carbocycles. The minimum absolute atomic E-state index is 0.157. The summed E-state index contributed by atoms with van der Waals surface area (Å²) in [6, 6.07) is 7.30. The van der Waals surface area contributed by atoms with E-state index in [1.165, 1.54) is 22.9 Å². The van der Waals surface area contributed by atoms with Gasteiger partial charge in [-0.25, -0.2) is 4.68 Å². The van der Waals surface area contributed by atoms with Gasteiger partial charge >= 0.3 is 0 Å². The van der Waals surface area contributed by atoms with Gasteiger partial charge in [0.05, 0.1) is 4.92 Å². The van der Waals surface area contributed by atoms with Crippen molar-refractivity contribution < 1.29 is 9.72 Å². The molecule has 1 amide bonds. The molecule has 1 N–H and O–H groups in total. The van der Waals surface area contributed by atoms with Crippen molar-refractivity contribution in [3.8, 4) is 5.69 Å². The molecular weight excluding hydrogens is 336 g/mol. The van der Waals surface area contributed by atoms with E-state index in [1.54, 1.807) is 19.1 Å². The van der Waals surface area contributed by atoms with E-state index in [-0.39, 0.29) is 17.1 Å². The number of nitrogens with one attached hydrogen (secondary N) is 1. The van der Waals surface area contributed by atoms with Crippen molar-refractivity contribution in [2.24, 2.45) is 5.92 Å². The Kier molecular flexibility index (Phi) is 6.21. The van der Waals surface area contributed by atoms with E-state index in [9.17, 15) is 19.7 Å². The van der Waals surface area contributed by atoms with E-state index >= 15 is 0 Å². The molecule has 0 saturated heterocycles. The summed E-state index contributed by atoms with van der Waals surface area (Å²) in [5.41, 5.74) is -0.350. The van der Waals surface area contributed by atoms with Gasteiger partial charge in [0.1, 0.15) is 5.69 Å². The van der Waals surface area contributed by atoms with Gasteiger partial charge in [0, 0.05) is 24.4 Å². The summed E-state index contributed by atoms with van der Waals surface area (Å²) in [5.74, 6) is -0.0497. The topological polar surface area (TPSA) is 107 Å². The van der Waals surface area contributed by atoms with Gasteiger partial charge in [-0.05, 0) is 31.7 Å². The summed E-state index contributed by atoms with van der Waals surface area (Å²) in [7, 11) is 0. The number of aryl methyl sites for hydroxylation is 1. The standard InChI is InChI=1S/C18H22N4O4/c1-12(2)7-6-10-19-18(24)17-16(23)11-13(3)21(20-17)14-8-4-5-9-15(14)22(25)26/h4-5,8-9,11-12H,6-7,10H2,1-3H3,(H,19,24). The summed E-state index contributed by atoms with van der Waals surface area (Å²) in [5, 5.41) is 18.0. The fraction of sp³-hybridized carbons (Fsp3) is 0.389. The number of rotatable bonds is 7. The molecule has 1 aromatic heterocycles. The highest BCUT2D eigenvalue weighted by atomic mass is 16.6. The Bertz CT molecular complexity index is 874. The summed E-state index contributed by atoms with van der Waals surface area (Å²) in [4.78, 5) is 35.2. The number of para-hydroxylation sites is 2. The maximum absolute atomic E-state index is 12.3. The van der Waals surface area contributed by atoms with Crippen LogP contribution in [-0.2, 0) is 0 Å². The summed E-state index contributed by atoms with van der Waals surface area (Å²) in [6.45, 7) is 6.23. The van der Waals surface area contributed by atoms with Crippen molar-refractivity contribution in [3.63, 3.8) is 0 Å². The van der Waals surface area contributed by atoms with Gasteiger partial charge in [0.15, 0.2) is 5.69 Å². The summed E-state index contributed by atoms with van der Waals surface area (Å²) in [6.07, 6.45) is 1.76. The molecule has 0 radical (unpaired) electrons. The number of hydrogen-bond donors (Lipinski definition) is 1. The predicted molar refractivity (Wildman–Crippen MR) is 97.6 cm³/mol. The number of nitro groups is 1. The molecule has 2 rings (SSSR count). The van der Waals surface area contributed by atoms with Crippen molar-refractivity contribution in [1.29, 1.82) is 0 Å². The van der Waals surface area contributed by atoms with E-state index in [2.05, 4.69) is 24.3 Å². The average Bonchev–Trinajstić information content (AvgIpc) is 2.58. The smallest absolute Gasteiger partial charge is 0.294 e. The lowest BCUT2D eigenvalue weighted by Gasteiger charge is -2.12. The number of benzene rings is 1. The fourth-order valence-corrected chi connectivity index (χ4v) is 2.54. The monoisotopic (exact) mass is 358 g/mol. The van der Waals surface area contributed by atoms with Crippen molar-refractivity contribution in [3.05, 3.63) is 62.1 Å². The number of carbonyl (C=O) groups is 1. The Morgan fingerprint density at radius 2 is 2.04 bits per heavy atom. The SMILES string of the molecule is Cc1cc(=O)c(C(=O)NCCCC(C)C)nn1-c1ccccc1[N+](=O)[O-]. The van der Waals surface area contributed by atoms with Crippen LogP contribution in [0.15, 0.2) is 35.1 Å². The Balaban J connectivity index is 2.34. The first kappa shape index (κ1) is 19.3. The minimum atomic E-state index is -0.578. The van der Waals surface area contributed by atoms with Crippen LogP contribution in [0.4, 0.5) is 5.69 Å². The lowest BCUT2D eigenvalue weighted by atomic mass is 10.1. The van der Waals surface area contributed by atoms with Gasteiger partial charge in [-0.2, -0.15) is 5.10 Å². The van der Waals surface area contributed by atoms with Crippen LogP contribution >= 0.6 is 0 Å². The quantitative estimate of drug-likeness (QED) is 0.465. The molecule has 1 aromatic carbocycles. The fourth-order valence-electron chi connectivity index (χ4n) is 2.54. The molecule has 138 valence electrons. The normalized spacial score (nSPS) is 10.8. The molecule has 26 heavy (non-hydrogen) atoms. The van der Waals surface area contributed by atoms with E-state index in [4.69, 9.17) is 0 Å². The van der Waals surface area contributed by atoms with Gasteiger partial charge in [-0.3, -0.25) is 19.7 Å². The second kappa shape index (κ2) is 8.37. The Morgan fingerprint density at radius 1 is 1.35 bits per heavy atom. The van der Waals surface area contributed by atoms with Crippen molar-refractivity contribution >= 4 is 11.6 Å². The molecule has 0 aliphatic rings. The van der Waals surface area contributed by atoms with Crippen LogP contribution < -0.4 is 10.7 Å². The van der Waals surface area contributed by atoms with Gasteiger partial charge in [0.25, 0.3) is 11.6 Å². The van der Waals surface area contributed by atoms with Crippen LogP contribution in [0.5, 0.6) is 0 Å². The van der Waals surface area contributed by atoms with Crippen molar-refractivity contribution in [2.45, 2.75) is 33.6 Å².